The van der Waals surface area contributed by atoms with Crippen LogP contribution in [0.3, 0.4) is 0 Å². The summed E-state index contributed by atoms with van der Waals surface area (Å²) in [5.74, 6) is -0.960. The van der Waals surface area contributed by atoms with Crippen LogP contribution in [0.1, 0.15) is 6.42 Å². The molecule has 0 spiro atoms. The highest BCUT2D eigenvalue weighted by Gasteiger charge is 2.22. The van der Waals surface area contributed by atoms with E-state index in [9.17, 15) is 14.9 Å². The van der Waals surface area contributed by atoms with Crippen LogP contribution in [0.25, 0.3) is 0 Å². The van der Waals surface area contributed by atoms with E-state index < -0.39 is 16.9 Å². The number of amides is 1. The van der Waals surface area contributed by atoms with Crippen LogP contribution in [-0.2, 0) is 9.53 Å². The van der Waals surface area contributed by atoms with Crippen molar-refractivity contribution in [1.29, 1.82) is 0 Å². The summed E-state index contributed by atoms with van der Waals surface area (Å²) < 4.78 is 4.71. The summed E-state index contributed by atoms with van der Waals surface area (Å²) in [4.78, 5) is 20.0. The minimum Gasteiger partial charge on any atom is -0.384 e. The zero-order valence-corrected chi connectivity index (χ0v) is 7.30. The Hall–Kier alpha value is -1.43. The average Bonchev–Trinajstić information content (AvgIpc) is 2.02. The second-order valence-corrected chi connectivity index (χ2v) is 2.34. The van der Waals surface area contributed by atoms with Gasteiger partial charge in [-0.05, 0) is 12.5 Å². The summed E-state index contributed by atoms with van der Waals surface area (Å²) in [6.07, 6.45) is 3.19. The molecule has 0 saturated heterocycles. The summed E-state index contributed by atoms with van der Waals surface area (Å²) in [6.45, 7) is 0.458. The number of carbonyl (C=O) groups is 1. The molecule has 0 radical (unpaired) electrons. The van der Waals surface area contributed by atoms with Crippen molar-refractivity contribution in [1.82, 2.24) is 0 Å². The molecule has 0 aromatic rings. The third kappa shape index (κ3) is 4.91. The van der Waals surface area contributed by atoms with E-state index in [0.717, 1.165) is 0 Å². The zero-order valence-electron chi connectivity index (χ0n) is 7.30. The molecule has 1 atom stereocenters. The van der Waals surface area contributed by atoms with Gasteiger partial charge in [0.2, 0.25) is 0 Å². The van der Waals surface area contributed by atoms with Crippen molar-refractivity contribution in [3.05, 3.63) is 22.3 Å². The Balaban J connectivity index is 4.03. The van der Waals surface area contributed by atoms with E-state index in [1.807, 2.05) is 0 Å². The minimum atomic E-state index is -1.43. The van der Waals surface area contributed by atoms with Crippen molar-refractivity contribution in [2.45, 2.75) is 12.5 Å². The van der Waals surface area contributed by atoms with Gasteiger partial charge in [0.05, 0.1) is 0 Å². The molecule has 0 saturated carbocycles. The lowest BCUT2D eigenvalue weighted by Gasteiger charge is -1.98. The molecule has 1 amide bonds. The van der Waals surface area contributed by atoms with Crippen molar-refractivity contribution in [3.8, 4) is 0 Å². The molecule has 0 heterocycles. The molecule has 0 aromatic carbocycles. The van der Waals surface area contributed by atoms with E-state index >= 15 is 0 Å². The van der Waals surface area contributed by atoms with Crippen LogP contribution in [-0.4, -0.2) is 30.6 Å². The second kappa shape index (κ2) is 6.13. The van der Waals surface area contributed by atoms with Gasteiger partial charge in [-0.2, -0.15) is 0 Å². The fraction of sp³-hybridized carbons (Fsp3) is 0.571. The lowest BCUT2D eigenvalue weighted by Crippen LogP contribution is -2.33. The number of nitro groups is 1. The molecule has 0 fully saturated rings. The highest BCUT2D eigenvalue weighted by molar-refractivity contribution is 5.80. The molecule has 0 bridgehead atoms. The number of hydrogen-bond donors (Lipinski definition) is 1. The maximum absolute atomic E-state index is 10.5. The largest absolute Gasteiger partial charge is 0.384 e. The topological polar surface area (TPSA) is 95.5 Å². The predicted octanol–water partition coefficient (Wildman–Crippen LogP) is -0.290. The lowest BCUT2D eigenvalue weighted by molar-refractivity contribution is -0.494. The molecule has 0 aromatic heterocycles. The smallest absolute Gasteiger partial charge is 0.307 e. The quantitative estimate of drug-likeness (QED) is 0.268. The van der Waals surface area contributed by atoms with Crippen LogP contribution < -0.4 is 5.73 Å². The Morgan fingerprint density at radius 3 is 2.77 bits per heavy atom. The van der Waals surface area contributed by atoms with Gasteiger partial charge in [-0.1, -0.05) is 6.08 Å². The zero-order chi connectivity index (χ0) is 10.3. The van der Waals surface area contributed by atoms with Crippen molar-refractivity contribution in [2.75, 3.05) is 13.7 Å². The fourth-order valence-corrected chi connectivity index (χ4v) is 0.680. The van der Waals surface area contributed by atoms with Gasteiger partial charge < -0.3 is 10.5 Å². The van der Waals surface area contributed by atoms with Crippen LogP contribution in [0.15, 0.2) is 12.2 Å². The fourth-order valence-electron chi connectivity index (χ4n) is 0.680. The van der Waals surface area contributed by atoms with Crippen molar-refractivity contribution < 1.29 is 14.5 Å². The first-order valence-corrected chi connectivity index (χ1v) is 3.68. The number of primary amides is 1. The molecular formula is C7H12N2O4. The number of methoxy groups -OCH3 is 1. The van der Waals surface area contributed by atoms with E-state index in [2.05, 4.69) is 0 Å². The molecule has 0 rings (SSSR count). The van der Waals surface area contributed by atoms with Gasteiger partial charge in [0, 0.05) is 18.6 Å². The van der Waals surface area contributed by atoms with Gasteiger partial charge >= 0.3 is 6.04 Å². The molecule has 0 aliphatic heterocycles. The van der Waals surface area contributed by atoms with Crippen molar-refractivity contribution in [3.63, 3.8) is 0 Å². The predicted molar refractivity (Wildman–Crippen MR) is 45.6 cm³/mol. The van der Waals surface area contributed by atoms with Gasteiger partial charge in [-0.15, -0.1) is 0 Å². The molecule has 0 aliphatic rings. The van der Waals surface area contributed by atoms with Crippen molar-refractivity contribution >= 4 is 5.91 Å². The molecule has 1 unspecified atom stereocenters. The van der Waals surface area contributed by atoms with E-state index in [1.54, 1.807) is 0 Å². The lowest BCUT2D eigenvalue weighted by atomic mass is 10.2. The third-order valence-electron chi connectivity index (χ3n) is 1.33. The summed E-state index contributed by atoms with van der Waals surface area (Å²) in [7, 11) is 1.52. The van der Waals surface area contributed by atoms with Gasteiger partial charge in [0.25, 0.3) is 5.91 Å². The number of hydrogen-bond acceptors (Lipinski definition) is 4. The second-order valence-electron chi connectivity index (χ2n) is 2.34. The number of rotatable bonds is 6. The Morgan fingerprint density at radius 1 is 1.77 bits per heavy atom. The Bertz CT molecular complexity index is 201. The number of nitrogens with two attached hydrogens (primary N) is 1. The Morgan fingerprint density at radius 2 is 2.38 bits per heavy atom. The normalized spacial score (nSPS) is 13.0. The van der Waals surface area contributed by atoms with Crippen LogP contribution in [0.5, 0.6) is 0 Å². The highest BCUT2D eigenvalue weighted by atomic mass is 16.6. The van der Waals surface area contributed by atoms with Crippen molar-refractivity contribution in [2.24, 2.45) is 5.73 Å². The van der Waals surface area contributed by atoms with Crippen LogP contribution in [0.2, 0.25) is 0 Å². The van der Waals surface area contributed by atoms with E-state index in [1.165, 1.54) is 19.3 Å². The standard InChI is InChI=1S/C7H12N2O4/c1-13-5-3-2-4-6(7(8)10)9(11)12/h2,4,6H,3,5H2,1H3,(H2,8,10)/b4-2+. The number of ether oxygens (including phenoxy) is 1. The van der Waals surface area contributed by atoms with E-state index in [-0.39, 0.29) is 0 Å². The number of nitrogens with zero attached hydrogens (tertiary/aromatic N) is 1. The van der Waals surface area contributed by atoms with Crippen LogP contribution >= 0.6 is 0 Å². The van der Waals surface area contributed by atoms with Gasteiger partial charge in [-0.3, -0.25) is 14.9 Å². The molecule has 13 heavy (non-hydrogen) atoms. The maximum atomic E-state index is 10.5. The molecule has 6 heteroatoms. The first-order valence-electron chi connectivity index (χ1n) is 3.68. The number of carbonyl (C=O) groups excluding carboxylic acids is 1. The third-order valence-corrected chi connectivity index (χ3v) is 1.33. The molecule has 0 aliphatic carbocycles. The van der Waals surface area contributed by atoms with E-state index in [0.29, 0.717) is 13.0 Å². The minimum absolute atomic E-state index is 0.458. The average molecular weight is 188 g/mol. The van der Waals surface area contributed by atoms with Crippen LogP contribution in [0, 0.1) is 10.1 Å². The molecule has 2 N–H and O–H groups in total. The first kappa shape index (κ1) is 11.6. The SMILES string of the molecule is COCC/C=C/C(C(N)=O)[N+](=O)[O-]. The Labute approximate surface area is 75.5 Å². The van der Waals surface area contributed by atoms with Crippen LogP contribution in [0.4, 0.5) is 0 Å². The summed E-state index contributed by atoms with van der Waals surface area (Å²) in [5, 5.41) is 10.2. The van der Waals surface area contributed by atoms with E-state index in [4.69, 9.17) is 10.5 Å². The van der Waals surface area contributed by atoms with Gasteiger partial charge in [0.1, 0.15) is 0 Å². The maximum Gasteiger partial charge on any atom is 0.307 e. The summed E-state index contributed by atoms with van der Waals surface area (Å²) in [5.41, 5.74) is 4.79. The monoisotopic (exact) mass is 188 g/mol. The molecular weight excluding hydrogens is 176 g/mol. The Kier molecular flexibility index (Phi) is 5.45. The summed E-state index contributed by atoms with van der Waals surface area (Å²) in [6, 6.07) is -1.43. The molecule has 6 nitrogen and oxygen atoms in total. The molecule has 74 valence electrons. The van der Waals surface area contributed by atoms with Gasteiger partial charge in [0.15, 0.2) is 0 Å². The summed E-state index contributed by atoms with van der Waals surface area (Å²) >= 11 is 0. The van der Waals surface area contributed by atoms with Gasteiger partial charge in [-0.25, -0.2) is 0 Å². The first-order chi connectivity index (χ1) is 6.09. The highest BCUT2D eigenvalue weighted by Crippen LogP contribution is 1.93.